The van der Waals surface area contributed by atoms with Crippen LogP contribution >= 0.6 is 12.2 Å². The Morgan fingerprint density at radius 1 is 1.14 bits per heavy atom. The summed E-state index contributed by atoms with van der Waals surface area (Å²) in [5.74, 6) is -0.800. The van der Waals surface area contributed by atoms with Gasteiger partial charge < -0.3 is 31.7 Å². The molecule has 3 amide bonds. The molecule has 0 bridgehead atoms. The molecule has 0 aromatic carbocycles. The zero-order valence-electron chi connectivity index (χ0n) is 17.7. The number of likely N-dealkylation sites (N-methyl/N-ethyl adjacent to an activating group) is 1. The second kappa shape index (κ2) is 12.4. The summed E-state index contributed by atoms with van der Waals surface area (Å²) in [6.07, 6.45) is 0.858. The number of carbonyl (C=O) groups excluding carboxylic acids is 3. The topological polar surface area (TPSA) is 135 Å². The largest absolute Gasteiger partial charge is 0.444 e. The van der Waals surface area contributed by atoms with E-state index in [2.05, 4.69) is 21.3 Å². The van der Waals surface area contributed by atoms with Gasteiger partial charge in [-0.2, -0.15) is 0 Å². The number of hydrogen-bond donors (Lipinski definition) is 5. The highest BCUT2D eigenvalue weighted by Gasteiger charge is 2.30. The molecule has 28 heavy (non-hydrogen) atoms. The predicted molar refractivity (Wildman–Crippen MR) is 113 cm³/mol. The smallest absolute Gasteiger partial charge is 0.408 e. The maximum absolute atomic E-state index is 12.8. The molecule has 0 aliphatic carbocycles. The molecule has 0 aromatic heterocycles. The average Bonchev–Trinajstić information content (AvgIpc) is 2.58. The summed E-state index contributed by atoms with van der Waals surface area (Å²) in [6, 6.07) is -1.56. The van der Waals surface area contributed by atoms with Crippen LogP contribution in [0.15, 0.2) is 0 Å². The van der Waals surface area contributed by atoms with Gasteiger partial charge in [0.2, 0.25) is 11.8 Å². The van der Waals surface area contributed by atoms with Crippen LogP contribution in [0, 0.1) is 5.92 Å². The Labute approximate surface area is 172 Å². The molecular formula is C18H35N5O4S. The van der Waals surface area contributed by atoms with Gasteiger partial charge in [0.25, 0.3) is 0 Å². The monoisotopic (exact) mass is 417 g/mol. The normalized spacial score (nSPS) is 14.2. The Balaban J connectivity index is 5.16. The number of rotatable bonds is 10. The van der Waals surface area contributed by atoms with Gasteiger partial charge in [-0.1, -0.05) is 20.3 Å². The summed E-state index contributed by atoms with van der Waals surface area (Å²) < 4.78 is 5.24. The van der Waals surface area contributed by atoms with Crippen molar-refractivity contribution >= 4 is 35.2 Å². The van der Waals surface area contributed by atoms with Crippen molar-refractivity contribution in [3.63, 3.8) is 0 Å². The third kappa shape index (κ3) is 10.9. The lowest BCUT2D eigenvalue weighted by Gasteiger charge is -2.27. The van der Waals surface area contributed by atoms with Gasteiger partial charge in [0.05, 0.1) is 0 Å². The highest BCUT2D eigenvalue weighted by molar-refractivity contribution is 7.80. The molecule has 0 radical (unpaired) electrons. The van der Waals surface area contributed by atoms with Gasteiger partial charge >= 0.3 is 6.09 Å². The quantitative estimate of drug-likeness (QED) is 0.262. The fraction of sp³-hybridized carbons (Fsp3) is 0.778. The van der Waals surface area contributed by atoms with Gasteiger partial charge in [-0.15, -0.1) is 0 Å². The Kier molecular flexibility index (Phi) is 11.4. The van der Waals surface area contributed by atoms with E-state index in [0.717, 1.165) is 0 Å². The van der Waals surface area contributed by atoms with Crippen molar-refractivity contribution in [2.75, 3.05) is 13.6 Å². The third-order valence-electron chi connectivity index (χ3n) is 4.02. The van der Waals surface area contributed by atoms with Crippen LogP contribution in [-0.2, 0) is 14.3 Å². The van der Waals surface area contributed by atoms with E-state index in [1.165, 1.54) is 7.05 Å². The van der Waals surface area contributed by atoms with Gasteiger partial charge in [-0.25, -0.2) is 4.79 Å². The van der Waals surface area contributed by atoms with E-state index in [-0.39, 0.29) is 16.9 Å². The van der Waals surface area contributed by atoms with Crippen LogP contribution in [0.3, 0.4) is 0 Å². The molecule has 0 aromatic rings. The Hall–Kier alpha value is -2.10. The molecule has 3 atom stereocenters. The van der Waals surface area contributed by atoms with Crippen LogP contribution in [0.25, 0.3) is 0 Å². The highest BCUT2D eigenvalue weighted by atomic mass is 32.1. The van der Waals surface area contributed by atoms with E-state index in [4.69, 9.17) is 22.7 Å². The van der Waals surface area contributed by atoms with Crippen molar-refractivity contribution in [2.24, 2.45) is 11.7 Å². The fourth-order valence-corrected chi connectivity index (χ4v) is 2.45. The van der Waals surface area contributed by atoms with E-state index in [9.17, 15) is 14.4 Å². The highest BCUT2D eigenvalue weighted by Crippen LogP contribution is 2.10. The summed E-state index contributed by atoms with van der Waals surface area (Å²) in [4.78, 5) is 37.1. The summed E-state index contributed by atoms with van der Waals surface area (Å²) in [7, 11) is 1.52. The first-order valence-electron chi connectivity index (χ1n) is 9.46. The van der Waals surface area contributed by atoms with Crippen molar-refractivity contribution in [2.45, 2.75) is 71.6 Å². The van der Waals surface area contributed by atoms with Crippen molar-refractivity contribution in [3.8, 4) is 0 Å². The van der Waals surface area contributed by atoms with Crippen LogP contribution in [0.2, 0.25) is 0 Å². The zero-order chi connectivity index (χ0) is 21.9. The van der Waals surface area contributed by atoms with E-state index >= 15 is 0 Å². The van der Waals surface area contributed by atoms with Crippen LogP contribution in [0.1, 0.15) is 53.9 Å². The van der Waals surface area contributed by atoms with E-state index in [0.29, 0.717) is 25.8 Å². The second-order valence-electron chi connectivity index (χ2n) is 7.62. The maximum atomic E-state index is 12.8. The number of amides is 3. The number of nitrogens with two attached hydrogens (primary N) is 1. The molecule has 0 aliphatic heterocycles. The number of nitrogens with one attached hydrogen (secondary N) is 4. The van der Waals surface area contributed by atoms with Gasteiger partial charge in [-0.3, -0.25) is 9.59 Å². The minimum absolute atomic E-state index is 0.0673. The SMILES string of the molecule is CC[C@H](C)[C@H](NC(=O)[C@H](CCCNC(N)=S)NC(=O)OC(C)(C)C)C(=O)NC. The first-order valence-corrected chi connectivity index (χ1v) is 9.86. The van der Waals surface area contributed by atoms with E-state index < -0.39 is 29.7 Å². The van der Waals surface area contributed by atoms with Gasteiger partial charge in [0.1, 0.15) is 17.7 Å². The number of alkyl carbamates (subject to hydrolysis) is 1. The molecule has 9 nitrogen and oxygen atoms in total. The molecule has 6 N–H and O–H groups in total. The van der Waals surface area contributed by atoms with Crippen molar-refractivity contribution in [1.29, 1.82) is 0 Å². The molecular weight excluding hydrogens is 382 g/mol. The summed E-state index contributed by atoms with van der Waals surface area (Å²) >= 11 is 4.75. The Bertz CT molecular complexity index is 551. The van der Waals surface area contributed by atoms with Crippen LogP contribution in [0.5, 0.6) is 0 Å². The molecule has 0 saturated heterocycles. The molecule has 0 saturated carbocycles. The predicted octanol–water partition coefficient (Wildman–Crippen LogP) is 0.770. The van der Waals surface area contributed by atoms with Crippen LogP contribution in [-0.4, -0.2) is 54.3 Å². The standard InChI is InChI=1S/C18H35N5O4S/c1-7-11(2)13(15(25)20-6)23-14(24)12(9-8-10-21-16(19)28)22-17(26)27-18(3,4)5/h11-13H,7-10H2,1-6H3,(H,20,25)(H,22,26)(H,23,24)(H3,19,21,28)/t11-,12-,13-/m0/s1. The number of carbonyl (C=O) groups is 3. The van der Waals surface area contributed by atoms with Gasteiger partial charge in [0, 0.05) is 13.6 Å². The maximum Gasteiger partial charge on any atom is 0.408 e. The minimum Gasteiger partial charge on any atom is -0.444 e. The molecule has 0 fully saturated rings. The lowest BCUT2D eigenvalue weighted by molar-refractivity contribution is -0.131. The van der Waals surface area contributed by atoms with Crippen LogP contribution < -0.4 is 27.0 Å². The summed E-state index contributed by atoms with van der Waals surface area (Å²) in [5, 5.41) is 10.8. The summed E-state index contributed by atoms with van der Waals surface area (Å²) in [6.45, 7) is 9.47. The first-order chi connectivity index (χ1) is 12.9. The second-order valence-corrected chi connectivity index (χ2v) is 8.06. The summed E-state index contributed by atoms with van der Waals surface area (Å²) in [5.41, 5.74) is 4.69. The first kappa shape index (κ1) is 25.9. The molecule has 0 heterocycles. The zero-order valence-corrected chi connectivity index (χ0v) is 18.5. The molecule has 0 spiro atoms. The number of hydrogen-bond acceptors (Lipinski definition) is 5. The fourth-order valence-electron chi connectivity index (χ4n) is 2.35. The van der Waals surface area contributed by atoms with Crippen molar-refractivity contribution in [3.05, 3.63) is 0 Å². The minimum atomic E-state index is -0.862. The van der Waals surface area contributed by atoms with E-state index in [1.807, 2.05) is 13.8 Å². The third-order valence-corrected chi connectivity index (χ3v) is 4.16. The molecule has 0 rings (SSSR count). The lowest BCUT2D eigenvalue weighted by Crippen LogP contribution is -2.55. The van der Waals surface area contributed by atoms with Crippen molar-refractivity contribution in [1.82, 2.24) is 21.3 Å². The molecule has 0 unspecified atom stereocenters. The lowest BCUT2D eigenvalue weighted by atomic mass is 9.97. The number of ether oxygens (including phenoxy) is 1. The molecule has 10 heteroatoms. The van der Waals surface area contributed by atoms with E-state index in [1.54, 1.807) is 20.8 Å². The van der Waals surface area contributed by atoms with Gasteiger partial charge in [0.15, 0.2) is 5.11 Å². The Morgan fingerprint density at radius 2 is 1.75 bits per heavy atom. The number of thiocarbonyl (C=S) groups is 1. The van der Waals surface area contributed by atoms with Crippen molar-refractivity contribution < 1.29 is 19.1 Å². The Morgan fingerprint density at radius 3 is 2.21 bits per heavy atom. The molecule has 162 valence electrons. The molecule has 0 aliphatic rings. The average molecular weight is 418 g/mol. The van der Waals surface area contributed by atoms with Crippen LogP contribution in [0.4, 0.5) is 4.79 Å². The van der Waals surface area contributed by atoms with Gasteiger partial charge in [-0.05, 0) is 51.7 Å².